The number of aryl methyl sites for hydroxylation is 2. The van der Waals surface area contributed by atoms with E-state index in [1.165, 1.54) is 16.3 Å². The van der Waals surface area contributed by atoms with Gasteiger partial charge >= 0.3 is 0 Å². The second-order valence-electron chi connectivity index (χ2n) is 7.32. The van der Waals surface area contributed by atoms with Crippen LogP contribution < -0.4 is 5.32 Å². The molecule has 0 radical (unpaired) electrons. The second-order valence-corrected chi connectivity index (χ2v) is 7.70. The fraction of sp³-hybridized carbons (Fsp3) is 0.364. The SMILES string of the molecule is CCn1cc(CN2CCN(C(=S)Nc3cccc4ccccc34)CC2)c(C)n1. The highest BCUT2D eigenvalue weighted by Gasteiger charge is 2.20. The van der Waals surface area contributed by atoms with Crippen molar-refractivity contribution in [3.8, 4) is 0 Å². The minimum atomic E-state index is 0.811. The van der Waals surface area contributed by atoms with Gasteiger partial charge in [0.1, 0.15) is 0 Å². The van der Waals surface area contributed by atoms with Crippen LogP contribution in [0, 0.1) is 6.92 Å². The average molecular weight is 394 g/mol. The number of thiocarbonyl (C=S) groups is 1. The van der Waals surface area contributed by atoms with Gasteiger partial charge in [0.25, 0.3) is 0 Å². The molecule has 0 atom stereocenters. The van der Waals surface area contributed by atoms with Crippen LogP contribution in [0.3, 0.4) is 0 Å². The third-order valence-corrected chi connectivity index (χ3v) is 5.82. The van der Waals surface area contributed by atoms with E-state index in [1.807, 2.05) is 4.68 Å². The van der Waals surface area contributed by atoms with E-state index in [0.29, 0.717) is 0 Å². The molecule has 0 amide bonds. The first-order valence-corrected chi connectivity index (χ1v) is 10.3. The summed E-state index contributed by atoms with van der Waals surface area (Å²) in [5, 5.41) is 11.3. The second kappa shape index (κ2) is 8.29. The molecule has 0 aliphatic carbocycles. The summed E-state index contributed by atoms with van der Waals surface area (Å²) >= 11 is 5.71. The average Bonchev–Trinajstić information content (AvgIpc) is 3.08. The van der Waals surface area contributed by atoms with Crippen LogP contribution >= 0.6 is 12.2 Å². The number of nitrogens with zero attached hydrogens (tertiary/aromatic N) is 4. The van der Waals surface area contributed by atoms with Crippen LogP contribution in [0.5, 0.6) is 0 Å². The molecular weight excluding hydrogens is 366 g/mol. The first-order chi connectivity index (χ1) is 13.6. The monoisotopic (exact) mass is 393 g/mol. The van der Waals surface area contributed by atoms with Gasteiger partial charge in [0.2, 0.25) is 0 Å². The van der Waals surface area contributed by atoms with Crippen molar-refractivity contribution in [1.82, 2.24) is 19.6 Å². The molecule has 1 N–H and O–H groups in total. The zero-order valence-electron chi connectivity index (χ0n) is 16.6. The van der Waals surface area contributed by atoms with Gasteiger partial charge in [-0.1, -0.05) is 36.4 Å². The predicted octanol–water partition coefficient (Wildman–Crippen LogP) is 3.88. The van der Waals surface area contributed by atoms with Gasteiger partial charge in [0, 0.05) is 62.1 Å². The van der Waals surface area contributed by atoms with Gasteiger partial charge in [-0.05, 0) is 37.5 Å². The molecular formula is C22H27N5S. The van der Waals surface area contributed by atoms with Gasteiger partial charge in [0.15, 0.2) is 5.11 Å². The van der Waals surface area contributed by atoms with E-state index >= 15 is 0 Å². The van der Waals surface area contributed by atoms with Crippen molar-refractivity contribution in [2.45, 2.75) is 26.9 Å². The fourth-order valence-corrected chi connectivity index (χ4v) is 4.05. The van der Waals surface area contributed by atoms with E-state index < -0.39 is 0 Å². The Morgan fingerprint density at radius 3 is 2.57 bits per heavy atom. The van der Waals surface area contributed by atoms with E-state index in [4.69, 9.17) is 12.2 Å². The lowest BCUT2D eigenvalue weighted by molar-refractivity contribution is 0.176. The summed E-state index contributed by atoms with van der Waals surface area (Å²) in [7, 11) is 0. The lowest BCUT2D eigenvalue weighted by atomic mass is 10.1. The number of anilines is 1. The Bertz CT molecular complexity index is 967. The molecule has 0 bridgehead atoms. The maximum absolute atomic E-state index is 5.71. The molecule has 1 aliphatic heterocycles. The van der Waals surface area contributed by atoms with E-state index in [0.717, 1.165) is 55.8 Å². The fourth-order valence-electron chi connectivity index (χ4n) is 3.75. The van der Waals surface area contributed by atoms with E-state index in [1.54, 1.807) is 0 Å². The van der Waals surface area contributed by atoms with Crippen molar-refractivity contribution in [1.29, 1.82) is 0 Å². The summed E-state index contributed by atoms with van der Waals surface area (Å²) in [5.41, 5.74) is 3.54. The van der Waals surface area contributed by atoms with Gasteiger partial charge in [-0.15, -0.1) is 0 Å². The highest BCUT2D eigenvalue weighted by Crippen LogP contribution is 2.23. The van der Waals surface area contributed by atoms with Gasteiger partial charge in [-0.2, -0.15) is 5.10 Å². The molecule has 146 valence electrons. The number of aromatic nitrogens is 2. The van der Waals surface area contributed by atoms with E-state index in [2.05, 4.69) is 82.7 Å². The van der Waals surface area contributed by atoms with Crippen LogP contribution in [0.1, 0.15) is 18.2 Å². The largest absolute Gasteiger partial charge is 0.346 e. The maximum atomic E-state index is 5.71. The van der Waals surface area contributed by atoms with E-state index in [9.17, 15) is 0 Å². The Morgan fingerprint density at radius 2 is 1.82 bits per heavy atom. The summed E-state index contributed by atoms with van der Waals surface area (Å²) in [6.45, 7) is 10.0. The normalized spacial score (nSPS) is 15.1. The third kappa shape index (κ3) is 4.03. The summed E-state index contributed by atoms with van der Waals surface area (Å²) in [4.78, 5) is 4.76. The minimum absolute atomic E-state index is 0.811. The zero-order chi connectivity index (χ0) is 19.5. The molecule has 2 aromatic carbocycles. The molecule has 4 rings (SSSR count). The van der Waals surface area contributed by atoms with Crippen LogP contribution in [0.2, 0.25) is 0 Å². The zero-order valence-corrected chi connectivity index (χ0v) is 17.4. The number of nitrogens with one attached hydrogen (secondary N) is 1. The van der Waals surface area contributed by atoms with Crippen LogP contribution in [-0.2, 0) is 13.1 Å². The molecule has 1 fully saturated rings. The lowest BCUT2D eigenvalue weighted by Crippen LogP contribution is -2.49. The van der Waals surface area contributed by atoms with Crippen LogP contribution in [-0.4, -0.2) is 50.9 Å². The molecule has 5 nitrogen and oxygen atoms in total. The van der Waals surface area contributed by atoms with Crippen molar-refractivity contribution in [2.75, 3.05) is 31.5 Å². The Balaban J connectivity index is 1.35. The molecule has 1 aliphatic rings. The van der Waals surface area contributed by atoms with Crippen LogP contribution in [0.4, 0.5) is 5.69 Å². The Hall–Kier alpha value is -2.44. The number of fused-ring (bicyclic) bond motifs is 1. The summed E-state index contributed by atoms with van der Waals surface area (Å²) in [6.07, 6.45) is 2.18. The Morgan fingerprint density at radius 1 is 1.07 bits per heavy atom. The van der Waals surface area contributed by atoms with Gasteiger partial charge < -0.3 is 10.2 Å². The topological polar surface area (TPSA) is 36.3 Å². The predicted molar refractivity (Wildman–Crippen MR) is 120 cm³/mol. The highest BCUT2D eigenvalue weighted by molar-refractivity contribution is 7.80. The maximum Gasteiger partial charge on any atom is 0.173 e. The summed E-state index contributed by atoms with van der Waals surface area (Å²) in [6, 6.07) is 14.7. The molecule has 28 heavy (non-hydrogen) atoms. The third-order valence-electron chi connectivity index (χ3n) is 5.46. The number of hydrogen-bond acceptors (Lipinski definition) is 3. The smallest absolute Gasteiger partial charge is 0.173 e. The van der Waals surface area contributed by atoms with Crippen LogP contribution in [0.15, 0.2) is 48.7 Å². The molecule has 0 unspecified atom stereocenters. The summed E-state index contributed by atoms with van der Waals surface area (Å²) in [5.74, 6) is 0. The number of piperazine rings is 1. The molecule has 6 heteroatoms. The molecule has 1 saturated heterocycles. The number of rotatable bonds is 4. The Labute approximate surface area is 171 Å². The molecule has 2 heterocycles. The van der Waals surface area contributed by atoms with Crippen molar-refractivity contribution in [3.63, 3.8) is 0 Å². The Kier molecular flexibility index (Phi) is 5.59. The van der Waals surface area contributed by atoms with Crippen molar-refractivity contribution >= 4 is 33.8 Å². The molecule has 1 aromatic heterocycles. The van der Waals surface area contributed by atoms with Gasteiger partial charge in [-0.3, -0.25) is 9.58 Å². The standard InChI is InChI=1S/C22H27N5S/c1-3-27-16-19(17(2)24-27)15-25-11-13-26(14-12-25)22(28)23-21-10-6-8-18-7-4-5-9-20(18)21/h4-10,16H,3,11-15H2,1-2H3,(H,23,28). The number of benzene rings is 2. The molecule has 3 aromatic rings. The van der Waals surface area contributed by atoms with Crippen molar-refractivity contribution in [2.24, 2.45) is 0 Å². The van der Waals surface area contributed by atoms with Crippen molar-refractivity contribution in [3.05, 3.63) is 59.9 Å². The van der Waals surface area contributed by atoms with E-state index in [-0.39, 0.29) is 0 Å². The van der Waals surface area contributed by atoms with Gasteiger partial charge in [0.05, 0.1) is 5.69 Å². The van der Waals surface area contributed by atoms with Gasteiger partial charge in [-0.25, -0.2) is 0 Å². The lowest BCUT2D eigenvalue weighted by Gasteiger charge is -2.36. The van der Waals surface area contributed by atoms with Crippen molar-refractivity contribution < 1.29 is 0 Å². The summed E-state index contributed by atoms with van der Waals surface area (Å²) < 4.78 is 2.02. The minimum Gasteiger partial charge on any atom is -0.346 e. The molecule has 0 saturated carbocycles. The number of hydrogen-bond donors (Lipinski definition) is 1. The highest BCUT2D eigenvalue weighted by atomic mass is 32.1. The quantitative estimate of drug-likeness (QED) is 0.681. The van der Waals surface area contributed by atoms with Crippen LogP contribution in [0.25, 0.3) is 10.8 Å². The first kappa shape index (κ1) is 18.9. The first-order valence-electron chi connectivity index (χ1n) is 9.93. The molecule has 0 spiro atoms.